The van der Waals surface area contributed by atoms with Crippen molar-refractivity contribution in [2.24, 2.45) is 0 Å². The molecule has 0 aromatic heterocycles. The molecule has 1 N–H and O–H groups in total. The van der Waals surface area contributed by atoms with Gasteiger partial charge in [0.2, 0.25) is 0 Å². The average Bonchev–Trinajstić information content (AvgIpc) is 2.97. The minimum atomic E-state index is -0.733. The zero-order valence-corrected chi connectivity index (χ0v) is 27.5. The summed E-state index contributed by atoms with van der Waals surface area (Å²) in [4.78, 5) is 23.2. The van der Waals surface area contributed by atoms with Crippen LogP contribution in [0.3, 0.4) is 0 Å². The van der Waals surface area contributed by atoms with Gasteiger partial charge in [0.05, 0.1) is 0 Å². The van der Waals surface area contributed by atoms with Crippen LogP contribution in [0.25, 0.3) is 0 Å². The van der Waals surface area contributed by atoms with Crippen LogP contribution >= 0.6 is 0 Å². The first-order valence-corrected chi connectivity index (χ1v) is 17.6. The van der Waals surface area contributed by atoms with Gasteiger partial charge in [-0.15, -0.1) is 0 Å². The number of aliphatic carboxylic acids is 1. The maximum absolute atomic E-state index is 12.5. The molecular formula is C38H66O4. The molecule has 4 nitrogen and oxygen atoms in total. The van der Waals surface area contributed by atoms with E-state index in [9.17, 15) is 9.59 Å². The molecule has 0 saturated heterocycles. The first-order chi connectivity index (χ1) is 20.6. The van der Waals surface area contributed by atoms with Crippen molar-refractivity contribution in [2.45, 2.75) is 180 Å². The predicted molar refractivity (Wildman–Crippen MR) is 181 cm³/mol. The number of rotatable bonds is 31. The first kappa shape index (κ1) is 39.9. The largest absolute Gasteiger partial charge is 0.481 e. The van der Waals surface area contributed by atoms with Crippen LogP contribution in [0, 0.1) is 0 Å². The molecule has 0 aliphatic rings. The quantitative estimate of drug-likeness (QED) is 0.0498. The normalized spacial score (nSPS) is 12.8. The molecule has 0 saturated carbocycles. The van der Waals surface area contributed by atoms with Crippen molar-refractivity contribution >= 4 is 11.9 Å². The SMILES string of the molecule is CCCCC/C=C\C/C=C\C/C=C\C/C=C\CCCCCC(=O)OC(CCCCCCCCC)CCCCCC(=O)O. The predicted octanol–water partition coefficient (Wildman–Crippen LogP) is 12.0. The van der Waals surface area contributed by atoms with Crippen molar-refractivity contribution in [3.8, 4) is 0 Å². The van der Waals surface area contributed by atoms with E-state index in [1.165, 1.54) is 64.2 Å². The Hall–Kier alpha value is -2.10. The molecule has 0 aromatic rings. The summed E-state index contributed by atoms with van der Waals surface area (Å²) in [5.41, 5.74) is 0. The number of carbonyl (C=O) groups is 2. The van der Waals surface area contributed by atoms with Crippen LogP contribution in [0.1, 0.15) is 174 Å². The molecule has 0 spiro atoms. The van der Waals surface area contributed by atoms with Gasteiger partial charge in [-0.3, -0.25) is 9.59 Å². The van der Waals surface area contributed by atoms with Gasteiger partial charge in [0.15, 0.2) is 0 Å². The van der Waals surface area contributed by atoms with Crippen molar-refractivity contribution in [3.05, 3.63) is 48.6 Å². The van der Waals surface area contributed by atoms with Gasteiger partial charge in [-0.1, -0.05) is 127 Å². The molecule has 0 fully saturated rings. The van der Waals surface area contributed by atoms with E-state index in [0.29, 0.717) is 12.8 Å². The molecule has 0 bridgehead atoms. The Morgan fingerprint density at radius 3 is 1.48 bits per heavy atom. The molecule has 1 atom stereocenters. The minimum absolute atomic E-state index is 0.0124. The van der Waals surface area contributed by atoms with Crippen LogP contribution in [0.5, 0.6) is 0 Å². The van der Waals surface area contributed by atoms with Gasteiger partial charge < -0.3 is 9.84 Å². The van der Waals surface area contributed by atoms with Crippen LogP contribution in [0.15, 0.2) is 48.6 Å². The zero-order chi connectivity index (χ0) is 30.8. The number of carboxylic acid groups (broad SMARTS) is 1. The standard InChI is InChI=1S/C38H66O4/c1-3-5-7-9-11-12-13-14-15-16-17-18-19-20-21-22-24-26-31-35-38(41)42-36(33-29-27-30-34-37(39)40)32-28-25-23-10-8-6-4-2/h11-12,14-15,17-18,20-21,36H,3-10,13,16,19,22-35H2,1-2H3,(H,39,40)/b12-11-,15-14-,18-17-,21-20-. The number of unbranched alkanes of at least 4 members (excludes halogenated alkanes) is 14. The Morgan fingerprint density at radius 2 is 0.929 bits per heavy atom. The van der Waals surface area contributed by atoms with E-state index in [-0.39, 0.29) is 18.5 Å². The molecule has 1 unspecified atom stereocenters. The minimum Gasteiger partial charge on any atom is -0.481 e. The lowest BCUT2D eigenvalue weighted by molar-refractivity contribution is -0.150. The number of hydrogen-bond acceptors (Lipinski definition) is 3. The molecule has 4 heteroatoms. The molecule has 0 aliphatic carbocycles. The average molecular weight is 587 g/mol. The Bertz CT molecular complexity index is 719. The fourth-order valence-electron chi connectivity index (χ4n) is 4.93. The second-order valence-corrected chi connectivity index (χ2v) is 11.7. The monoisotopic (exact) mass is 586 g/mol. The van der Waals surface area contributed by atoms with Crippen molar-refractivity contribution in [1.29, 1.82) is 0 Å². The fraction of sp³-hybridized carbons (Fsp3) is 0.737. The molecule has 242 valence electrons. The van der Waals surface area contributed by atoms with Crippen LogP contribution in [0.4, 0.5) is 0 Å². The third-order valence-corrected chi connectivity index (χ3v) is 7.55. The highest BCUT2D eigenvalue weighted by Crippen LogP contribution is 2.18. The van der Waals surface area contributed by atoms with E-state index >= 15 is 0 Å². The molecule has 0 rings (SSSR count). The molecule has 0 heterocycles. The van der Waals surface area contributed by atoms with Crippen molar-refractivity contribution < 1.29 is 19.4 Å². The van der Waals surface area contributed by atoms with Gasteiger partial charge in [0.1, 0.15) is 6.10 Å². The number of hydrogen-bond donors (Lipinski definition) is 1. The van der Waals surface area contributed by atoms with Gasteiger partial charge >= 0.3 is 11.9 Å². The van der Waals surface area contributed by atoms with E-state index in [2.05, 4.69) is 62.5 Å². The lowest BCUT2D eigenvalue weighted by atomic mass is 10.0. The van der Waals surface area contributed by atoms with Gasteiger partial charge in [0, 0.05) is 12.8 Å². The number of esters is 1. The summed E-state index contributed by atoms with van der Waals surface area (Å²) in [6.07, 6.45) is 44.0. The molecule has 0 radical (unpaired) electrons. The van der Waals surface area contributed by atoms with Gasteiger partial charge in [0.25, 0.3) is 0 Å². The van der Waals surface area contributed by atoms with Crippen molar-refractivity contribution in [3.63, 3.8) is 0 Å². The molecule has 0 amide bonds. The number of carboxylic acids is 1. The maximum Gasteiger partial charge on any atom is 0.306 e. The topological polar surface area (TPSA) is 63.6 Å². The fourth-order valence-corrected chi connectivity index (χ4v) is 4.93. The zero-order valence-electron chi connectivity index (χ0n) is 27.5. The lowest BCUT2D eigenvalue weighted by Crippen LogP contribution is -2.18. The highest BCUT2D eigenvalue weighted by Gasteiger charge is 2.14. The summed E-state index contributed by atoms with van der Waals surface area (Å²) in [5.74, 6) is -0.796. The van der Waals surface area contributed by atoms with E-state index < -0.39 is 5.97 Å². The first-order valence-electron chi connectivity index (χ1n) is 17.6. The van der Waals surface area contributed by atoms with Crippen molar-refractivity contribution in [1.82, 2.24) is 0 Å². The Morgan fingerprint density at radius 1 is 0.524 bits per heavy atom. The van der Waals surface area contributed by atoms with Crippen LogP contribution < -0.4 is 0 Å². The number of carbonyl (C=O) groups excluding carboxylic acids is 1. The van der Waals surface area contributed by atoms with Gasteiger partial charge in [-0.25, -0.2) is 0 Å². The van der Waals surface area contributed by atoms with E-state index in [1.54, 1.807) is 0 Å². The highest BCUT2D eigenvalue weighted by molar-refractivity contribution is 5.69. The summed E-state index contributed by atoms with van der Waals surface area (Å²) in [6, 6.07) is 0. The Kier molecular flexibility index (Phi) is 31.7. The molecule has 0 aromatic carbocycles. The van der Waals surface area contributed by atoms with Gasteiger partial charge in [-0.05, 0) is 83.5 Å². The summed E-state index contributed by atoms with van der Waals surface area (Å²) >= 11 is 0. The second kappa shape index (κ2) is 33.4. The van der Waals surface area contributed by atoms with Crippen LogP contribution in [-0.4, -0.2) is 23.1 Å². The summed E-state index contributed by atoms with van der Waals surface area (Å²) in [5, 5.41) is 8.83. The van der Waals surface area contributed by atoms with Crippen molar-refractivity contribution in [2.75, 3.05) is 0 Å². The summed E-state index contributed by atoms with van der Waals surface area (Å²) in [7, 11) is 0. The Balaban J connectivity index is 3.97. The summed E-state index contributed by atoms with van der Waals surface area (Å²) < 4.78 is 5.88. The summed E-state index contributed by atoms with van der Waals surface area (Å²) in [6.45, 7) is 4.48. The number of allylic oxidation sites excluding steroid dienone is 8. The smallest absolute Gasteiger partial charge is 0.306 e. The third kappa shape index (κ3) is 32.4. The molecule has 0 aliphatic heterocycles. The van der Waals surface area contributed by atoms with E-state index in [0.717, 1.165) is 77.0 Å². The third-order valence-electron chi connectivity index (χ3n) is 7.55. The Labute approximate surface area is 260 Å². The maximum atomic E-state index is 12.5. The van der Waals surface area contributed by atoms with Crippen LogP contribution in [-0.2, 0) is 14.3 Å². The highest BCUT2D eigenvalue weighted by atomic mass is 16.5. The van der Waals surface area contributed by atoms with E-state index in [1.807, 2.05) is 0 Å². The second-order valence-electron chi connectivity index (χ2n) is 11.7. The lowest BCUT2D eigenvalue weighted by Gasteiger charge is -2.18. The molecule has 42 heavy (non-hydrogen) atoms. The van der Waals surface area contributed by atoms with E-state index in [4.69, 9.17) is 9.84 Å². The number of ether oxygens (including phenoxy) is 1. The van der Waals surface area contributed by atoms with Gasteiger partial charge in [-0.2, -0.15) is 0 Å². The van der Waals surface area contributed by atoms with Crippen LogP contribution in [0.2, 0.25) is 0 Å². The molecular weight excluding hydrogens is 520 g/mol.